The number of halogens is 1. The Labute approximate surface area is 165 Å². The lowest BCUT2D eigenvalue weighted by molar-refractivity contribution is -0.113. The van der Waals surface area contributed by atoms with Gasteiger partial charge in [-0.2, -0.15) is 0 Å². The molecule has 26 heavy (non-hydrogen) atoms. The number of H-pyrrole nitrogens is 1. The van der Waals surface area contributed by atoms with Gasteiger partial charge in [-0.1, -0.05) is 53.7 Å². The number of fused-ring (bicyclic) bond motifs is 1. The monoisotopic (exact) mass is 435 g/mol. The number of carbonyl (C=O) groups excluding carboxylic acids is 1. The zero-order chi connectivity index (χ0) is 18.1. The highest BCUT2D eigenvalue weighted by atomic mass is 79.9. The van der Waals surface area contributed by atoms with Crippen LogP contribution in [0.5, 0.6) is 0 Å². The van der Waals surface area contributed by atoms with Gasteiger partial charge in [-0.3, -0.25) is 19.4 Å². The molecule has 1 saturated carbocycles. The third-order valence-electron chi connectivity index (χ3n) is 5.23. The van der Waals surface area contributed by atoms with E-state index in [1.54, 1.807) is 0 Å². The predicted molar refractivity (Wildman–Crippen MR) is 109 cm³/mol. The van der Waals surface area contributed by atoms with E-state index >= 15 is 0 Å². The van der Waals surface area contributed by atoms with Gasteiger partial charge in [0.05, 0.1) is 22.6 Å². The Morgan fingerprint density at radius 1 is 1.04 bits per heavy atom. The van der Waals surface area contributed by atoms with E-state index < -0.39 is 0 Å². The second-order valence-electron chi connectivity index (χ2n) is 7.01. The highest BCUT2D eigenvalue weighted by molar-refractivity contribution is 9.10. The molecule has 1 aromatic carbocycles. The SMILES string of the molecule is O=C1CS[C@H](c2ccc(Br)cc2)c2c(n(C3CCCCCC3)[nH]c2=O)N1. The van der Waals surface area contributed by atoms with Gasteiger partial charge >= 0.3 is 0 Å². The van der Waals surface area contributed by atoms with Crippen LogP contribution in [0, 0.1) is 0 Å². The third-order valence-corrected chi connectivity index (χ3v) is 7.03. The molecule has 0 spiro atoms. The summed E-state index contributed by atoms with van der Waals surface area (Å²) >= 11 is 4.97. The van der Waals surface area contributed by atoms with Crippen molar-refractivity contribution in [1.82, 2.24) is 9.78 Å². The minimum absolute atomic E-state index is 0.0442. The van der Waals surface area contributed by atoms with E-state index in [1.165, 1.54) is 37.4 Å². The minimum atomic E-state index is -0.146. The molecule has 4 rings (SSSR count). The summed E-state index contributed by atoms with van der Waals surface area (Å²) in [6, 6.07) is 8.24. The molecule has 2 heterocycles. The molecule has 0 bridgehead atoms. The maximum Gasteiger partial charge on any atom is 0.270 e. The molecule has 1 aromatic heterocycles. The average molecular weight is 436 g/mol. The number of hydrogen-bond acceptors (Lipinski definition) is 3. The molecule has 0 unspecified atom stereocenters. The first kappa shape index (κ1) is 17.9. The first-order chi connectivity index (χ1) is 12.6. The number of aromatic nitrogens is 2. The topological polar surface area (TPSA) is 66.9 Å². The van der Waals surface area contributed by atoms with Gasteiger partial charge in [0.2, 0.25) is 5.91 Å². The standard InChI is InChI=1S/C19H22BrN3O2S/c20-13-9-7-12(8-10-13)17-16-18(21-15(24)11-26-17)23(22-19(16)25)14-5-3-1-2-4-6-14/h7-10,14,17H,1-6,11H2,(H,21,24)(H,22,25)/t17-/m1/s1. The van der Waals surface area contributed by atoms with E-state index in [0.717, 1.165) is 22.9 Å². The Morgan fingerprint density at radius 2 is 1.73 bits per heavy atom. The molecule has 0 radical (unpaired) electrons. The Hall–Kier alpha value is -1.47. The van der Waals surface area contributed by atoms with Crippen molar-refractivity contribution in [3.05, 3.63) is 50.2 Å². The first-order valence-electron chi connectivity index (χ1n) is 9.15. The van der Waals surface area contributed by atoms with Gasteiger partial charge in [-0.05, 0) is 30.5 Å². The minimum Gasteiger partial charge on any atom is -0.310 e. The number of rotatable bonds is 2. The van der Waals surface area contributed by atoms with E-state index in [2.05, 4.69) is 26.3 Å². The van der Waals surface area contributed by atoms with Crippen LogP contribution in [0.2, 0.25) is 0 Å². The molecule has 2 aromatic rings. The average Bonchev–Trinajstić information content (AvgIpc) is 2.83. The summed E-state index contributed by atoms with van der Waals surface area (Å²) in [6.07, 6.45) is 6.91. The number of thioether (sulfide) groups is 1. The lowest BCUT2D eigenvalue weighted by Crippen LogP contribution is -2.19. The van der Waals surface area contributed by atoms with Crippen LogP contribution in [0.1, 0.15) is 60.9 Å². The van der Waals surface area contributed by atoms with Gasteiger partial charge < -0.3 is 5.32 Å². The second-order valence-corrected chi connectivity index (χ2v) is 9.02. The molecule has 7 heteroatoms. The molecular weight excluding hydrogens is 414 g/mol. The van der Waals surface area contributed by atoms with Crippen LogP contribution in [-0.4, -0.2) is 21.4 Å². The van der Waals surface area contributed by atoms with Crippen molar-refractivity contribution in [2.45, 2.75) is 49.8 Å². The van der Waals surface area contributed by atoms with Gasteiger partial charge in [0.25, 0.3) is 5.56 Å². The van der Waals surface area contributed by atoms with E-state index in [0.29, 0.717) is 17.1 Å². The summed E-state index contributed by atoms with van der Waals surface area (Å²) in [5, 5.41) is 5.89. The summed E-state index contributed by atoms with van der Waals surface area (Å²) in [7, 11) is 0. The van der Waals surface area contributed by atoms with E-state index in [1.807, 2.05) is 28.9 Å². The summed E-state index contributed by atoms with van der Waals surface area (Å²) in [6.45, 7) is 0. The first-order valence-corrected chi connectivity index (χ1v) is 11.0. The fourth-order valence-electron chi connectivity index (χ4n) is 3.93. The number of nitrogens with zero attached hydrogens (tertiary/aromatic N) is 1. The van der Waals surface area contributed by atoms with Gasteiger partial charge in [0, 0.05) is 4.47 Å². The van der Waals surface area contributed by atoms with Crippen LogP contribution in [0.25, 0.3) is 0 Å². The quantitative estimate of drug-likeness (QED) is 0.676. The summed E-state index contributed by atoms with van der Waals surface area (Å²) in [5.41, 5.74) is 1.62. The van der Waals surface area contributed by atoms with E-state index in [-0.39, 0.29) is 22.8 Å². The van der Waals surface area contributed by atoms with Crippen LogP contribution >= 0.6 is 27.7 Å². The fraction of sp³-hybridized carbons (Fsp3) is 0.474. The zero-order valence-corrected chi connectivity index (χ0v) is 16.9. The van der Waals surface area contributed by atoms with Crippen LogP contribution < -0.4 is 10.9 Å². The third kappa shape index (κ3) is 3.51. The van der Waals surface area contributed by atoms with Crippen molar-refractivity contribution in [1.29, 1.82) is 0 Å². The number of carbonyl (C=O) groups is 1. The van der Waals surface area contributed by atoms with Gasteiger partial charge in [-0.15, -0.1) is 11.8 Å². The maximum atomic E-state index is 12.9. The normalized spacial score (nSPS) is 21.6. The van der Waals surface area contributed by atoms with Crippen molar-refractivity contribution >= 4 is 39.4 Å². The molecule has 5 nitrogen and oxygen atoms in total. The number of anilines is 1. The van der Waals surface area contributed by atoms with Crippen molar-refractivity contribution in [3.63, 3.8) is 0 Å². The molecule has 1 atom stereocenters. The van der Waals surface area contributed by atoms with Crippen LogP contribution in [0.3, 0.4) is 0 Å². The van der Waals surface area contributed by atoms with Crippen LogP contribution in [0.15, 0.2) is 33.5 Å². The highest BCUT2D eigenvalue weighted by Gasteiger charge is 2.32. The molecule has 2 N–H and O–H groups in total. The number of benzene rings is 1. The molecule has 0 saturated heterocycles. The molecule has 1 amide bonds. The highest BCUT2D eigenvalue weighted by Crippen LogP contribution is 2.41. The number of aromatic amines is 1. The molecular formula is C19H22BrN3O2S. The van der Waals surface area contributed by atoms with Crippen molar-refractivity contribution in [2.24, 2.45) is 0 Å². The molecule has 1 aliphatic heterocycles. The predicted octanol–water partition coefficient (Wildman–Crippen LogP) is 4.61. The van der Waals surface area contributed by atoms with E-state index in [9.17, 15) is 9.59 Å². The fourth-order valence-corrected chi connectivity index (χ4v) is 5.32. The molecule has 2 aliphatic rings. The molecule has 1 fully saturated rings. The van der Waals surface area contributed by atoms with Gasteiger partial charge in [0.1, 0.15) is 5.82 Å². The zero-order valence-electron chi connectivity index (χ0n) is 14.5. The summed E-state index contributed by atoms with van der Waals surface area (Å²) in [4.78, 5) is 25.2. The van der Waals surface area contributed by atoms with E-state index in [4.69, 9.17) is 0 Å². The van der Waals surface area contributed by atoms with Crippen molar-refractivity contribution in [3.8, 4) is 0 Å². The largest absolute Gasteiger partial charge is 0.310 e. The van der Waals surface area contributed by atoms with Crippen LogP contribution in [-0.2, 0) is 4.79 Å². The Balaban J connectivity index is 1.79. The Bertz CT molecular complexity index is 851. The Kier molecular flexibility index (Phi) is 5.27. The van der Waals surface area contributed by atoms with Crippen molar-refractivity contribution < 1.29 is 4.79 Å². The summed E-state index contributed by atoms with van der Waals surface area (Å²) < 4.78 is 2.94. The molecule has 138 valence electrons. The molecule has 1 aliphatic carbocycles. The number of amides is 1. The lowest BCUT2D eigenvalue weighted by Gasteiger charge is -2.19. The van der Waals surface area contributed by atoms with Crippen molar-refractivity contribution in [2.75, 3.05) is 11.1 Å². The smallest absolute Gasteiger partial charge is 0.270 e. The lowest BCUT2D eigenvalue weighted by atomic mass is 10.1. The maximum absolute atomic E-state index is 12.9. The Morgan fingerprint density at radius 3 is 2.42 bits per heavy atom. The van der Waals surface area contributed by atoms with Gasteiger partial charge in [-0.25, -0.2) is 0 Å². The number of hydrogen-bond donors (Lipinski definition) is 2. The second kappa shape index (κ2) is 7.64. The van der Waals surface area contributed by atoms with Crippen LogP contribution in [0.4, 0.5) is 5.82 Å². The number of nitrogens with one attached hydrogen (secondary N) is 2. The summed E-state index contributed by atoms with van der Waals surface area (Å²) in [5.74, 6) is 0.974. The van der Waals surface area contributed by atoms with Gasteiger partial charge in [0.15, 0.2) is 0 Å².